The van der Waals surface area contributed by atoms with Crippen LogP contribution in [-0.2, 0) is 0 Å². The molecule has 0 fully saturated rings. The van der Waals surface area contributed by atoms with Gasteiger partial charge in [-0.1, -0.05) is 23.7 Å². The lowest BCUT2D eigenvalue weighted by atomic mass is 9.89. The lowest BCUT2D eigenvalue weighted by Gasteiger charge is -2.28. The van der Waals surface area contributed by atoms with Gasteiger partial charge in [-0.05, 0) is 6.07 Å². The van der Waals surface area contributed by atoms with Gasteiger partial charge in [0.2, 0.25) is 0 Å². The Labute approximate surface area is 107 Å². The van der Waals surface area contributed by atoms with Crippen molar-refractivity contribution in [3.05, 3.63) is 34.3 Å². The number of benzene rings is 1. The summed E-state index contributed by atoms with van der Waals surface area (Å²) >= 11 is 23.9. The van der Waals surface area contributed by atoms with Gasteiger partial charge in [0.05, 0.1) is 10.8 Å². The summed E-state index contributed by atoms with van der Waals surface area (Å²) in [7, 11) is 0. The minimum absolute atomic E-state index is 0.217. The molecule has 1 aromatic rings. The van der Waals surface area contributed by atoms with Crippen molar-refractivity contribution in [1.82, 2.24) is 0 Å². The third-order valence-electron chi connectivity index (χ3n) is 2.40. The van der Waals surface area contributed by atoms with Gasteiger partial charge >= 0.3 is 0 Å². The first-order valence-corrected chi connectivity index (χ1v) is 5.97. The molecule has 0 bridgehead atoms. The largest absolute Gasteiger partial charge is 0.292 e. The highest BCUT2D eigenvalue weighted by Gasteiger charge is 2.40. The van der Waals surface area contributed by atoms with Crippen LogP contribution >= 0.6 is 46.4 Å². The second kappa shape index (κ2) is 4.14. The third kappa shape index (κ3) is 1.76. The summed E-state index contributed by atoms with van der Waals surface area (Å²) in [6, 6.07) is 5.04. The van der Waals surface area contributed by atoms with Crippen molar-refractivity contribution in [1.29, 1.82) is 0 Å². The van der Waals surface area contributed by atoms with Gasteiger partial charge in [-0.25, -0.2) is 0 Å². The molecular weight excluding hydrogens is 278 g/mol. The van der Waals surface area contributed by atoms with Crippen LogP contribution in [-0.4, -0.2) is 16.5 Å². The maximum atomic E-state index is 11.8. The van der Waals surface area contributed by atoms with Crippen molar-refractivity contribution in [3.63, 3.8) is 0 Å². The number of hydrogen-bond donors (Lipinski definition) is 0. The Morgan fingerprint density at radius 3 is 2.40 bits per heavy atom. The maximum absolute atomic E-state index is 11.8. The molecule has 0 heterocycles. The van der Waals surface area contributed by atoms with Crippen LogP contribution in [0.1, 0.15) is 21.3 Å². The SMILES string of the molecule is O=C1c2cccc(Cl)c2C(Cl)C(Cl)C1Cl. The van der Waals surface area contributed by atoms with Gasteiger partial charge in [-0.2, -0.15) is 0 Å². The molecule has 0 N–H and O–H groups in total. The first-order chi connectivity index (χ1) is 7.04. The van der Waals surface area contributed by atoms with E-state index in [-0.39, 0.29) is 5.78 Å². The molecule has 2 rings (SSSR count). The molecule has 0 spiro atoms. The fraction of sp³-hybridized carbons (Fsp3) is 0.300. The molecule has 3 atom stereocenters. The Morgan fingerprint density at radius 1 is 1.07 bits per heavy atom. The van der Waals surface area contributed by atoms with Crippen molar-refractivity contribution < 1.29 is 4.79 Å². The molecule has 0 amide bonds. The van der Waals surface area contributed by atoms with Crippen LogP contribution in [0.5, 0.6) is 0 Å². The molecule has 1 aliphatic carbocycles. The van der Waals surface area contributed by atoms with Crippen LogP contribution in [0, 0.1) is 0 Å². The minimum atomic E-state index is -0.792. The Hall–Kier alpha value is 0.0500. The van der Waals surface area contributed by atoms with E-state index < -0.39 is 16.1 Å². The maximum Gasteiger partial charge on any atom is 0.182 e. The fourth-order valence-corrected chi connectivity index (χ4v) is 2.94. The van der Waals surface area contributed by atoms with Crippen LogP contribution in [0.15, 0.2) is 18.2 Å². The molecule has 0 aliphatic heterocycles. The molecule has 3 unspecified atom stereocenters. The summed E-state index contributed by atoms with van der Waals surface area (Å²) < 4.78 is 0. The summed E-state index contributed by atoms with van der Waals surface area (Å²) in [5.74, 6) is -0.217. The van der Waals surface area contributed by atoms with E-state index in [1.54, 1.807) is 18.2 Å². The summed E-state index contributed by atoms with van der Waals surface area (Å²) in [6.45, 7) is 0. The molecular formula is C10H6Cl4O. The highest BCUT2D eigenvalue weighted by Crippen LogP contribution is 2.43. The van der Waals surface area contributed by atoms with Crippen LogP contribution in [0.4, 0.5) is 0 Å². The average molecular weight is 284 g/mol. The number of rotatable bonds is 0. The lowest BCUT2D eigenvalue weighted by Crippen LogP contribution is -2.34. The molecule has 0 aromatic heterocycles. The molecule has 0 saturated heterocycles. The third-order valence-corrected chi connectivity index (χ3v) is 4.45. The van der Waals surface area contributed by atoms with Gasteiger partial charge in [0.15, 0.2) is 5.78 Å². The summed E-state index contributed by atoms with van der Waals surface area (Å²) in [4.78, 5) is 11.8. The van der Waals surface area contributed by atoms with E-state index >= 15 is 0 Å². The van der Waals surface area contributed by atoms with Crippen molar-refractivity contribution >= 4 is 52.2 Å². The van der Waals surface area contributed by atoms with Gasteiger partial charge in [-0.3, -0.25) is 4.79 Å². The van der Waals surface area contributed by atoms with E-state index in [1.807, 2.05) is 0 Å². The molecule has 5 heteroatoms. The van der Waals surface area contributed by atoms with Crippen LogP contribution < -0.4 is 0 Å². The first-order valence-electron chi connectivity index (χ1n) is 4.29. The predicted molar refractivity (Wildman–Crippen MR) is 63.7 cm³/mol. The molecule has 15 heavy (non-hydrogen) atoms. The van der Waals surface area contributed by atoms with Gasteiger partial charge in [-0.15, -0.1) is 34.8 Å². The number of Topliss-reactive ketones (excluding diaryl/α,β-unsaturated/α-hetero) is 1. The highest BCUT2D eigenvalue weighted by molar-refractivity contribution is 6.44. The van der Waals surface area contributed by atoms with E-state index in [1.165, 1.54) is 0 Å². The number of alkyl halides is 3. The summed E-state index contributed by atoms with van der Waals surface area (Å²) in [5, 5.41) is -1.50. The van der Waals surface area contributed by atoms with Gasteiger partial charge in [0, 0.05) is 16.1 Å². The predicted octanol–water partition coefficient (Wildman–Crippen LogP) is 4.03. The molecule has 80 valence electrons. The fourth-order valence-electron chi connectivity index (χ4n) is 1.63. The monoisotopic (exact) mass is 282 g/mol. The Kier molecular flexibility index (Phi) is 3.18. The molecule has 1 nitrogen and oxygen atoms in total. The smallest absolute Gasteiger partial charge is 0.182 e. The number of hydrogen-bond acceptors (Lipinski definition) is 1. The zero-order valence-corrected chi connectivity index (χ0v) is 10.4. The van der Waals surface area contributed by atoms with Gasteiger partial charge in [0.1, 0.15) is 5.38 Å². The van der Waals surface area contributed by atoms with Crippen LogP contribution in [0.3, 0.4) is 0 Å². The number of carbonyl (C=O) groups excluding carboxylic acids is 1. The van der Waals surface area contributed by atoms with Crippen molar-refractivity contribution in [2.45, 2.75) is 16.1 Å². The summed E-state index contributed by atoms with van der Waals surface area (Å²) in [6.07, 6.45) is 0. The highest BCUT2D eigenvalue weighted by atomic mass is 35.5. The van der Waals surface area contributed by atoms with Crippen molar-refractivity contribution in [2.75, 3.05) is 0 Å². The van der Waals surface area contributed by atoms with E-state index in [0.29, 0.717) is 16.1 Å². The standard InChI is InChI=1S/C10H6Cl4O/c11-5-3-1-2-4-6(5)7(12)8(13)9(14)10(4)15/h1-3,7-9H. The topological polar surface area (TPSA) is 17.1 Å². The molecule has 0 radical (unpaired) electrons. The summed E-state index contributed by atoms with van der Waals surface area (Å²) in [5.41, 5.74) is 1.06. The van der Waals surface area contributed by atoms with E-state index in [0.717, 1.165) is 0 Å². The normalized spacial score (nSPS) is 30.1. The zero-order valence-electron chi connectivity index (χ0n) is 7.38. The number of fused-ring (bicyclic) bond motifs is 1. The van der Waals surface area contributed by atoms with Crippen LogP contribution in [0.25, 0.3) is 0 Å². The number of ketones is 1. The van der Waals surface area contributed by atoms with E-state index in [2.05, 4.69) is 0 Å². The molecule has 1 aliphatic rings. The second-order valence-corrected chi connectivity index (χ2v) is 5.16. The van der Waals surface area contributed by atoms with Gasteiger partial charge < -0.3 is 0 Å². The Balaban J connectivity index is 2.64. The Bertz CT molecular complexity index is 418. The second-order valence-electron chi connectivity index (χ2n) is 3.31. The minimum Gasteiger partial charge on any atom is -0.292 e. The average Bonchev–Trinajstić information content (AvgIpc) is 2.23. The van der Waals surface area contributed by atoms with Crippen molar-refractivity contribution in [3.8, 4) is 0 Å². The Morgan fingerprint density at radius 2 is 1.73 bits per heavy atom. The number of carbonyl (C=O) groups is 1. The van der Waals surface area contributed by atoms with E-state index in [4.69, 9.17) is 46.4 Å². The van der Waals surface area contributed by atoms with E-state index in [9.17, 15) is 4.79 Å². The van der Waals surface area contributed by atoms with Crippen LogP contribution in [0.2, 0.25) is 5.02 Å². The lowest BCUT2D eigenvalue weighted by molar-refractivity contribution is 0.0977. The first kappa shape index (κ1) is 11.5. The molecule has 1 aromatic carbocycles. The molecule has 0 saturated carbocycles. The van der Waals surface area contributed by atoms with Crippen molar-refractivity contribution in [2.24, 2.45) is 0 Å². The quantitative estimate of drug-likeness (QED) is 0.657. The number of halogens is 4. The van der Waals surface area contributed by atoms with Gasteiger partial charge in [0.25, 0.3) is 0 Å². The zero-order chi connectivity index (χ0) is 11.2.